The lowest BCUT2D eigenvalue weighted by atomic mass is 10.2. The Kier molecular flexibility index (Phi) is 4.09. The highest BCUT2D eigenvalue weighted by Gasteiger charge is 2.24. The van der Waals surface area contributed by atoms with Gasteiger partial charge in [-0.3, -0.25) is 9.59 Å². The van der Waals surface area contributed by atoms with E-state index in [1.54, 1.807) is 15.9 Å². The molecule has 0 unspecified atom stereocenters. The lowest BCUT2D eigenvalue weighted by Gasteiger charge is -2.32. The molecule has 0 saturated carbocycles. The number of hydrogen-bond acceptors (Lipinski definition) is 4. The molecule has 2 amide bonds. The Morgan fingerprint density at radius 2 is 1.76 bits per heavy atom. The zero-order valence-electron chi connectivity index (χ0n) is 14.0. The molecule has 6 heteroatoms. The van der Waals surface area contributed by atoms with Gasteiger partial charge in [0.15, 0.2) is 0 Å². The third-order valence-corrected chi connectivity index (χ3v) is 4.87. The zero-order chi connectivity index (χ0) is 17.2. The van der Waals surface area contributed by atoms with E-state index >= 15 is 0 Å². The topological polar surface area (TPSA) is 56.8 Å². The number of benzene rings is 1. The van der Waals surface area contributed by atoms with Crippen LogP contribution in [-0.4, -0.2) is 59.8 Å². The van der Waals surface area contributed by atoms with E-state index in [0.29, 0.717) is 31.9 Å². The molecular weight excluding hydrogens is 316 g/mol. The van der Waals surface area contributed by atoms with Crippen molar-refractivity contribution in [3.05, 3.63) is 53.7 Å². The molecule has 1 saturated heterocycles. The number of para-hydroxylation sites is 1. The molecule has 1 fully saturated rings. The third kappa shape index (κ3) is 2.95. The quantitative estimate of drug-likeness (QED) is 0.801. The lowest BCUT2D eigenvalue weighted by Crippen LogP contribution is -2.48. The highest BCUT2D eigenvalue weighted by Crippen LogP contribution is 2.33. The van der Waals surface area contributed by atoms with Crippen molar-refractivity contribution >= 4 is 23.8 Å². The summed E-state index contributed by atoms with van der Waals surface area (Å²) in [6.45, 7) is 3.14. The van der Waals surface area contributed by atoms with Gasteiger partial charge >= 0.3 is 0 Å². The molecular formula is C19H20N4O2. The molecule has 0 spiro atoms. The number of amides is 2. The maximum atomic E-state index is 12.7. The van der Waals surface area contributed by atoms with Crippen LogP contribution in [0.2, 0.25) is 0 Å². The zero-order valence-corrected chi connectivity index (χ0v) is 14.0. The van der Waals surface area contributed by atoms with Gasteiger partial charge in [0.25, 0.3) is 5.91 Å². The molecule has 0 bridgehead atoms. The van der Waals surface area contributed by atoms with Gasteiger partial charge in [0.2, 0.25) is 6.41 Å². The maximum Gasteiger partial charge on any atom is 0.272 e. The molecule has 128 valence electrons. The minimum Gasteiger partial charge on any atom is -0.342 e. The van der Waals surface area contributed by atoms with Gasteiger partial charge in [-0.15, -0.1) is 0 Å². The largest absolute Gasteiger partial charge is 0.342 e. The van der Waals surface area contributed by atoms with E-state index in [1.165, 1.54) is 11.3 Å². The van der Waals surface area contributed by atoms with Crippen molar-refractivity contribution in [2.24, 2.45) is 0 Å². The van der Waals surface area contributed by atoms with Gasteiger partial charge in [-0.2, -0.15) is 0 Å². The van der Waals surface area contributed by atoms with E-state index in [4.69, 9.17) is 0 Å². The van der Waals surface area contributed by atoms with Crippen LogP contribution in [0.5, 0.6) is 0 Å². The van der Waals surface area contributed by atoms with E-state index < -0.39 is 0 Å². The summed E-state index contributed by atoms with van der Waals surface area (Å²) >= 11 is 0. The van der Waals surface area contributed by atoms with Crippen LogP contribution < -0.4 is 4.90 Å². The number of fused-ring (bicyclic) bond motifs is 1. The van der Waals surface area contributed by atoms with Crippen LogP contribution >= 0.6 is 0 Å². The van der Waals surface area contributed by atoms with Crippen LogP contribution in [0.1, 0.15) is 16.1 Å². The van der Waals surface area contributed by atoms with Gasteiger partial charge in [-0.25, -0.2) is 4.98 Å². The van der Waals surface area contributed by atoms with Gasteiger partial charge in [0.1, 0.15) is 11.5 Å². The second kappa shape index (κ2) is 6.55. The maximum absolute atomic E-state index is 12.7. The Bertz CT molecular complexity index is 800. The first-order chi connectivity index (χ1) is 12.3. The number of anilines is 2. The summed E-state index contributed by atoms with van der Waals surface area (Å²) in [5.74, 6) is 0.738. The molecule has 4 rings (SSSR count). The van der Waals surface area contributed by atoms with Gasteiger partial charge < -0.3 is 14.7 Å². The van der Waals surface area contributed by atoms with Gasteiger partial charge in [0.05, 0.1) is 0 Å². The fourth-order valence-corrected chi connectivity index (χ4v) is 3.46. The fourth-order valence-electron chi connectivity index (χ4n) is 3.46. The summed E-state index contributed by atoms with van der Waals surface area (Å²) in [6, 6.07) is 13.9. The molecule has 2 aliphatic rings. The Morgan fingerprint density at radius 1 is 0.960 bits per heavy atom. The van der Waals surface area contributed by atoms with Crippen molar-refractivity contribution in [1.82, 2.24) is 14.8 Å². The summed E-state index contributed by atoms with van der Waals surface area (Å²) in [7, 11) is 0. The van der Waals surface area contributed by atoms with E-state index in [0.717, 1.165) is 25.2 Å². The van der Waals surface area contributed by atoms with Gasteiger partial charge in [-0.1, -0.05) is 24.3 Å². The van der Waals surface area contributed by atoms with Crippen LogP contribution in [-0.2, 0) is 11.2 Å². The van der Waals surface area contributed by atoms with Crippen LogP contribution in [0, 0.1) is 0 Å². The first-order valence-corrected chi connectivity index (χ1v) is 8.57. The molecule has 0 N–H and O–H groups in total. The molecule has 0 atom stereocenters. The monoisotopic (exact) mass is 336 g/mol. The number of rotatable bonds is 3. The van der Waals surface area contributed by atoms with Crippen molar-refractivity contribution in [3.63, 3.8) is 0 Å². The number of piperazine rings is 1. The number of nitrogens with zero attached hydrogens (tertiary/aromatic N) is 4. The molecule has 0 radical (unpaired) electrons. The van der Waals surface area contributed by atoms with Crippen LogP contribution in [0.4, 0.5) is 11.5 Å². The SMILES string of the molecule is O=CN1CCN(C(=O)c2cccc(N3CCc4ccccc43)n2)CC1. The average molecular weight is 336 g/mol. The van der Waals surface area contributed by atoms with Crippen LogP contribution in [0.3, 0.4) is 0 Å². The molecule has 0 aliphatic carbocycles. The Morgan fingerprint density at radius 3 is 2.56 bits per heavy atom. The summed E-state index contributed by atoms with van der Waals surface area (Å²) in [4.78, 5) is 33.8. The molecule has 1 aromatic heterocycles. The number of aromatic nitrogens is 1. The number of hydrogen-bond donors (Lipinski definition) is 0. The molecule has 2 aliphatic heterocycles. The van der Waals surface area contributed by atoms with E-state index in [1.807, 2.05) is 18.2 Å². The first kappa shape index (κ1) is 15.6. The normalized spacial score (nSPS) is 16.7. The predicted molar refractivity (Wildman–Crippen MR) is 94.9 cm³/mol. The highest BCUT2D eigenvalue weighted by atomic mass is 16.2. The summed E-state index contributed by atoms with van der Waals surface area (Å²) in [5.41, 5.74) is 2.94. The third-order valence-electron chi connectivity index (χ3n) is 4.87. The number of pyridine rings is 1. The molecule has 3 heterocycles. The number of carbonyl (C=O) groups is 2. The van der Waals surface area contributed by atoms with Gasteiger partial charge in [0, 0.05) is 38.4 Å². The van der Waals surface area contributed by atoms with Crippen molar-refractivity contribution < 1.29 is 9.59 Å². The van der Waals surface area contributed by atoms with Crippen molar-refractivity contribution in [2.45, 2.75) is 6.42 Å². The van der Waals surface area contributed by atoms with Gasteiger partial charge in [-0.05, 0) is 30.2 Å². The smallest absolute Gasteiger partial charge is 0.272 e. The van der Waals surface area contributed by atoms with Crippen molar-refractivity contribution in [2.75, 3.05) is 37.6 Å². The number of carbonyl (C=O) groups excluding carboxylic acids is 2. The van der Waals surface area contributed by atoms with Crippen LogP contribution in [0.25, 0.3) is 0 Å². The molecule has 6 nitrogen and oxygen atoms in total. The Hall–Kier alpha value is -2.89. The van der Waals surface area contributed by atoms with Crippen molar-refractivity contribution in [1.29, 1.82) is 0 Å². The summed E-state index contributed by atoms with van der Waals surface area (Å²) in [5, 5.41) is 0. The lowest BCUT2D eigenvalue weighted by molar-refractivity contribution is -0.119. The summed E-state index contributed by atoms with van der Waals surface area (Å²) < 4.78 is 0. The van der Waals surface area contributed by atoms with Crippen molar-refractivity contribution in [3.8, 4) is 0 Å². The second-order valence-electron chi connectivity index (χ2n) is 6.34. The molecule has 25 heavy (non-hydrogen) atoms. The highest BCUT2D eigenvalue weighted by molar-refractivity contribution is 5.93. The summed E-state index contributed by atoms with van der Waals surface area (Å²) in [6.07, 6.45) is 1.83. The predicted octanol–water partition coefficient (Wildman–Crippen LogP) is 1.69. The van der Waals surface area contributed by atoms with Crippen LogP contribution in [0.15, 0.2) is 42.5 Å². The van der Waals surface area contributed by atoms with E-state index in [9.17, 15) is 9.59 Å². The minimum absolute atomic E-state index is 0.0696. The Balaban J connectivity index is 1.54. The fraction of sp³-hybridized carbons (Fsp3) is 0.316. The van der Waals surface area contributed by atoms with E-state index in [-0.39, 0.29) is 5.91 Å². The average Bonchev–Trinajstić information content (AvgIpc) is 3.12. The standard InChI is InChI=1S/C19H20N4O2/c24-14-21-10-12-22(13-11-21)19(25)16-5-3-7-18(20-16)23-9-8-15-4-1-2-6-17(15)23/h1-7,14H,8-13H2. The Labute approximate surface area is 146 Å². The molecule has 1 aromatic carbocycles. The molecule has 2 aromatic rings. The first-order valence-electron chi connectivity index (χ1n) is 8.57. The van der Waals surface area contributed by atoms with E-state index in [2.05, 4.69) is 28.1 Å². The minimum atomic E-state index is -0.0696. The second-order valence-corrected chi connectivity index (χ2v) is 6.34.